The number of aliphatic hydroxyl groups excluding tert-OH is 1. The Hall–Kier alpha value is -0.610. The third-order valence-electron chi connectivity index (χ3n) is 3.60. The Morgan fingerprint density at radius 1 is 1.53 bits per heavy atom. The molecule has 2 fully saturated rings. The summed E-state index contributed by atoms with van der Waals surface area (Å²) in [5, 5.41) is 12.9. The van der Waals surface area contributed by atoms with Crippen molar-refractivity contribution < 1.29 is 9.90 Å². The predicted octanol–water partition coefficient (Wildman–Crippen LogP) is -0.175. The Balaban J connectivity index is 1.79. The lowest BCUT2D eigenvalue weighted by molar-refractivity contribution is -0.136. The van der Waals surface area contributed by atoms with Crippen molar-refractivity contribution in [3.63, 3.8) is 0 Å². The van der Waals surface area contributed by atoms with E-state index in [1.807, 2.05) is 11.8 Å². The van der Waals surface area contributed by atoms with Gasteiger partial charge in [0.25, 0.3) is 0 Å². The van der Waals surface area contributed by atoms with E-state index in [0.29, 0.717) is 24.8 Å². The van der Waals surface area contributed by atoms with Crippen LogP contribution in [0.1, 0.15) is 19.8 Å². The third-order valence-corrected chi connectivity index (χ3v) is 3.60. The van der Waals surface area contributed by atoms with Gasteiger partial charge in [-0.15, -0.1) is 0 Å². The van der Waals surface area contributed by atoms with Crippen LogP contribution in [0.25, 0.3) is 0 Å². The monoisotopic (exact) mass is 212 g/mol. The van der Waals surface area contributed by atoms with Crippen molar-refractivity contribution >= 4 is 5.91 Å². The van der Waals surface area contributed by atoms with Crippen LogP contribution in [-0.2, 0) is 4.79 Å². The van der Waals surface area contributed by atoms with Crippen molar-refractivity contribution in [2.24, 2.45) is 11.8 Å². The molecule has 0 aliphatic carbocycles. The van der Waals surface area contributed by atoms with Crippen molar-refractivity contribution in [2.75, 3.05) is 26.2 Å². The molecule has 1 amide bonds. The van der Waals surface area contributed by atoms with E-state index in [2.05, 4.69) is 5.32 Å². The largest absolute Gasteiger partial charge is 0.391 e. The first-order valence-electron chi connectivity index (χ1n) is 5.83. The van der Waals surface area contributed by atoms with E-state index in [1.54, 1.807) is 0 Å². The maximum Gasteiger partial charge on any atom is 0.223 e. The molecule has 15 heavy (non-hydrogen) atoms. The molecule has 2 saturated heterocycles. The number of carbonyl (C=O) groups is 1. The Bertz CT molecular complexity index is 241. The Kier molecular flexibility index (Phi) is 3.26. The highest BCUT2D eigenvalue weighted by Gasteiger charge is 2.29. The number of piperidine rings is 1. The van der Waals surface area contributed by atoms with Crippen molar-refractivity contribution in [3.8, 4) is 0 Å². The van der Waals surface area contributed by atoms with Crippen LogP contribution in [0.5, 0.6) is 0 Å². The highest BCUT2D eigenvalue weighted by atomic mass is 16.3. The number of nitrogens with one attached hydrogen (secondary N) is 1. The molecule has 0 saturated carbocycles. The Labute approximate surface area is 90.6 Å². The standard InChI is InChI=1S/C11H20N2O2/c1-8-2-3-13(7-10(8)14)11(15)4-9-5-12-6-9/h8-10,12,14H,2-7H2,1H3. The molecular weight excluding hydrogens is 192 g/mol. The summed E-state index contributed by atoms with van der Waals surface area (Å²) in [5.74, 6) is 1.07. The number of likely N-dealkylation sites (tertiary alicyclic amines) is 1. The average Bonchev–Trinajstić information content (AvgIpc) is 2.15. The number of hydrogen-bond acceptors (Lipinski definition) is 3. The van der Waals surface area contributed by atoms with Gasteiger partial charge in [0, 0.05) is 19.5 Å². The van der Waals surface area contributed by atoms with Crippen LogP contribution in [-0.4, -0.2) is 48.2 Å². The van der Waals surface area contributed by atoms with Gasteiger partial charge in [-0.2, -0.15) is 0 Å². The number of amides is 1. The van der Waals surface area contributed by atoms with Gasteiger partial charge in [0.2, 0.25) is 5.91 Å². The van der Waals surface area contributed by atoms with Crippen molar-refractivity contribution in [2.45, 2.75) is 25.9 Å². The number of hydrogen-bond donors (Lipinski definition) is 2. The number of aliphatic hydroxyl groups is 1. The molecule has 0 spiro atoms. The SMILES string of the molecule is CC1CCN(C(=O)CC2CNC2)CC1O. The van der Waals surface area contributed by atoms with E-state index < -0.39 is 0 Å². The molecular formula is C11H20N2O2. The van der Waals surface area contributed by atoms with Crippen molar-refractivity contribution in [1.29, 1.82) is 0 Å². The predicted molar refractivity (Wildman–Crippen MR) is 57.3 cm³/mol. The average molecular weight is 212 g/mol. The molecule has 2 N–H and O–H groups in total. The maximum absolute atomic E-state index is 11.8. The van der Waals surface area contributed by atoms with E-state index in [9.17, 15) is 9.90 Å². The molecule has 2 atom stereocenters. The normalized spacial score (nSPS) is 32.5. The van der Waals surface area contributed by atoms with Crippen molar-refractivity contribution in [3.05, 3.63) is 0 Å². The number of β-amino-alcohol motifs (C(OH)–C–C–N with tert-alkyl or cyclic N) is 1. The second-order valence-corrected chi connectivity index (χ2v) is 4.90. The lowest BCUT2D eigenvalue weighted by Crippen LogP contribution is -2.49. The summed E-state index contributed by atoms with van der Waals surface area (Å²) in [5.41, 5.74) is 0. The molecule has 2 heterocycles. The smallest absolute Gasteiger partial charge is 0.223 e. The minimum absolute atomic E-state index is 0.215. The highest BCUT2D eigenvalue weighted by molar-refractivity contribution is 5.76. The van der Waals surface area contributed by atoms with Crippen LogP contribution in [0.4, 0.5) is 0 Å². The molecule has 2 aliphatic rings. The fraction of sp³-hybridized carbons (Fsp3) is 0.909. The Morgan fingerprint density at radius 3 is 2.80 bits per heavy atom. The van der Waals surface area contributed by atoms with Gasteiger partial charge in [0.05, 0.1) is 6.10 Å². The summed E-state index contributed by atoms with van der Waals surface area (Å²) < 4.78 is 0. The molecule has 4 heteroatoms. The van der Waals surface area contributed by atoms with Gasteiger partial charge in [-0.25, -0.2) is 0 Å². The molecule has 0 aromatic rings. The molecule has 4 nitrogen and oxygen atoms in total. The topological polar surface area (TPSA) is 52.6 Å². The number of nitrogens with zero attached hydrogens (tertiary/aromatic N) is 1. The zero-order valence-electron chi connectivity index (χ0n) is 9.28. The van der Waals surface area contributed by atoms with Gasteiger partial charge in [0.15, 0.2) is 0 Å². The summed E-state index contributed by atoms with van der Waals surface area (Å²) in [4.78, 5) is 13.7. The minimum Gasteiger partial charge on any atom is -0.391 e. The quantitative estimate of drug-likeness (QED) is 0.668. The lowest BCUT2D eigenvalue weighted by atomic mass is 9.94. The van der Waals surface area contributed by atoms with Crippen LogP contribution in [0.15, 0.2) is 0 Å². The fourth-order valence-corrected chi connectivity index (χ4v) is 2.14. The first-order chi connectivity index (χ1) is 7.16. The summed E-state index contributed by atoms with van der Waals surface area (Å²) in [6.45, 7) is 5.33. The molecule has 0 bridgehead atoms. The minimum atomic E-state index is -0.331. The van der Waals surface area contributed by atoms with E-state index >= 15 is 0 Å². The second kappa shape index (κ2) is 4.49. The van der Waals surface area contributed by atoms with Gasteiger partial charge in [-0.3, -0.25) is 4.79 Å². The zero-order chi connectivity index (χ0) is 10.8. The van der Waals surface area contributed by atoms with E-state index in [-0.39, 0.29) is 12.0 Å². The molecule has 86 valence electrons. The van der Waals surface area contributed by atoms with Gasteiger partial charge >= 0.3 is 0 Å². The number of rotatable bonds is 2. The van der Waals surface area contributed by atoms with Crippen LogP contribution in [0.3, 0.4) is 0 Å². The first-order valence-corrected chi connectivity index (χ1v) is 5.83. The van der Waals surface area contributed by atoms with Gasteiger partial charge in [0.1, 0.15) is 0 Å². The van der Waals surface area contributed by atoms with Gasteiger partial charge < -0.3 is 15.3 Å². The zero-order valence-corrected chi connectivity index (χ0v) is 9.28. The fourth-order valence-electron chi connectivity index (χ4n) is 2.14. The van der Waals surface area contributed by atoms with Crippen LogP contribution < -0.4 is 5.32 Å². The van der Waals surface area contributed by atoms with Crippen LogP contribution in [0, 0.1) is 11.8 Å². The molecule has 0 radical (unpaired) electrons. The molecule has 0 aromatic heterocycles. The summed E-state index contributed by atoms with van der Waals surface area (Å²) in [6, 6.07) is 0. The first kappa shape index (κ1) is 10.9. The number of carbonyl (C=O) groups excluding carboxylic acids is 1. The molecule has 0 aromatic carbocycles. The third kappa shape index (κ3) is 2.49. The second-order valence-electron chi connectivity index (χ2n) is 4.90. The maximum atomic E-state index is 11.8. The lowest BCUT2D eigenvalue weighted by Gasteiger charge is -2.36. The van der Waals surface area contributed by atoms with E-state index in [4.69, 9.17) is 0 Å². The summed E-state index contributed by atoms with van der Waals surface area (Å²) in [7, 11) is 0. The van der Waals surface area contributed by atoms with E-state index in [1.165, 1.54) is 0 Å². The van der Waals surface area contributed by atoms with Gasteiger partial charge in [-0.05, 0) is 31.3 Å². The summed E-state index contributed by atoms with van der Waals surface area (Å²) in [6.07, 6.45) is 1.24. The van der Waals surface area contributed by atoms with Crippen molar-refractivity contribution in [1.82, 2.24) is 10.2 Å². The Morgan fingerprint density at radius 2 is 2.27 bits per heavy atom. The molecule has 2 aliphatic heterocycles. The van der Waals surface area contributed by atoms with Gasteiger partial charge in [-0.1, -0.05) is 6.92 Å². The highest BCUT2D eigenvalue weighted by Crippen LogP contribution is 2.19. The molecule has 2 rings (SSSR count). The van der Waals surface area contributed by atoms with Crippen LogP contribution >= 0.6 is 0 Å². The summed E-state index contributed by atoms with van der Waals surface area (Å²) >= 11 is 0. The van der Waals surface area contributed by atoms with E-state index in [0.717, 1.165) is 26.1 Å². The molecule has 2 unspecified atom stereocenters. The van der Waals surface area contributed by atoms with Crippen LogP contribution in [0.2, 0.25) is 0 Å².